The van der Waals surface area contributed by atoms with Gasteiger partial charge in [0, 0.05) is 55.9 Å². The van der Waals surface area contributed by atoms with E-state index in [9.17, 15) is 29.6 Å². The van der Waals surface area contributed by atoms with Gasteiger partial charge in [-0.15, -0.1) is 0 Å². The number of nitro groups is 1. The molecule has 0 aliphatic carbocycles. The molecule has 1 N–H and O–H groups in total. The number of amides is 3. The Morgan fingerprint density at radius 3 is 2.58 bits per heavy atom. The standard InChI is InChI=1S/C22H23N5O6/c1-14-18(21(29)30)19(16-5-3-6-17(13-16)27(32)33)26(22(31)24-14)12-4-11-25(2)20(28)15-7-9-23-10-8-15/h3,5-10,13,18-19H,4,11-12H2,1-2H3,(H,29,30). The number of urea groups is 1. The van der Waals surface area contributed by atoms with Crippen LogP contribution in [0.25, 0.3) is 0 Å². The quantitative estimate of drug-likeness (QED) is 0.477. The molecular weight excluding hydrogens is 430 g/mol. The highest BCUT2D eigenvalue weighted by atomic mass is 16.6. The predicted octanol–water partition coefficient (Wildman–Crippen LogP) is 2.79. The first-order valence-corrected chi connectivity index (χ1v) is 10.2. The molecule has 2 aromatic rings. The van der Waals surface area contributed by atoms with Crippen molar-refractivity contribution >= 4 is 29.3 Å². The molecule has 0 spiro atoms. The summed E-state index contributed by atoms with van der Waals surface area (Å²) in [4.78, 5) is 58.5. The second kappa shape index (κ2) is 9.98. The number of pyridine rings is 1. The van der Waals surface area contributed by atoms with E-state index in [1.807, 2.05) is 0 Å². The van der Waals surface area contributed by atoms with E-state index in [1.165, 1.54) is 47.3 Å². The molecule has 11 nitrogen and oxygen atoms in total. The summed E-state index contributed by atoms with van der Waals surface area (Å²) in [5, 5.41) is 21.1. The lowest BCUT2D eigenvalue weighted by Gasteiger charge is -2.38. The Morgan fingerprint density at radius 1 is 1.24 bits per heavy atom. The van der Waals surface area contributed by atoms with E-state index in [0.29, 0.717) is 24.1 Å². The molecule has 0 bridgehead atoms. The fraction of sp³-hybridized carbons (Fsp3) is 0.318. The smallest absolute Gasteiger partial charge is 0.344 e. The van der Waals surface area contributed by atoms with E-state index in [-0.39, 0.29) is 23.9 Å². The van der Waals surface area contributed by atoms with Crippen LogP contribution in [0.1, 0.15) is 35.3 Å². The van der Waals surface area contributed by atoms with Crippen LogP contribution < -0.4 is 0 Å². The predicted molar refractivity (Wildman–Crippen MR) is 118 cm³/mol. The number of rotatable bonds is 8. The average Bonchev–Trinajstić information content (AvgIpc) is 2.79. The Hall–Kier alpha value is -4.15. The van der Waals surface area contributed by atoms with Crippen LogP contribution in [0.4, 0.5) is 10.5 Å². The lowest BCUT2D eigenvalue weighted by molar-refractivity contribution is -0.385. The van der Waals surface area contributed by atoms with Gasteiger partial charge in [0.2, 0.25) is 0 Å². The third kappa shape index (κ3) is 5.20. The van der Waals surface area contributed by atoms with E-state index < -0.39 is 28.9 Å². The molecule has 1 aromatic carbocycles. The molecule has 2 heterocycles. The minimum atomic E-state index is -1.18. The first-order valence-electron chi connectivity index (χ1n) is 10.2. The molecular formula is C22H23N5O6. The fourth-order valence-electron chi connectivity index (χ4n) is 3.85. The maximum atomic E-state index is 12.7. The van der Waals surface area contributed by atoms with Crippen LogP contribution in [0.3, 0.4) is 0 Å². The molecule has 2 atom stereocenters. The summed E-state index contributed by atoms with van der Waals surface area (Å²) in [6.07, 6.45) is 3.39. The number of carboxylic acid groups (broad SMARTS) is 1. The Bertz CT molecular complexity index is 1100. The number of hydrogen-bond donors (Lipinski definition) is 1. The highest BCUT2D eigenvalue weighted by molar-refractivity contribution is 6.07. The molecule has 1 aliphatic heterocycles. The average molecular weight is 453 g/mol. The molecule has 0 saturated carbocycles. The van der Waals surface area contributed by atoms with Crippen LogP contribution >= 0.6 is 0 Å². The summed E-state index contributed by atoms with van der Waals surface area (Å²) in [6.45, 7) is 1.87. The zero-order chi connectivity index (χ0) is 24.1. The number of aliphatic imine (C=N–C) groups is 1. The number of carbonyl (C=O) groups excluding carboxylic acids is 2. The number of benzene rings is 1. The van der Waals surface area contributed by atoms with E-state index in [1.54, 1.807) is 25.2 Å². The number of non-ortho nitro benzene ring substituents is 1. The summed E-state index contributed by atoms with van der Waals surface area (Å²) in [7, 11) is 1.63. The number of carboxylic acids is 1. The maximum Gasteiger partial charge on any atom is 0.344 e. The van der Waals surface area contributed by atoms with Gasteiger partial charge >= 0.3 is 12.0 Å². The largest absolute Gasteiger partial charge is 0.481 e. The summed E-state index contributed by atoms with van der Waals surface area (Å²) in [5.74, 6) is -2.55. The SMILES string of the molecule is CC1=NC(=O)N(CCCN(C)C(=O)c2ccncc2)C(c2cccc([N+](=O)[O-])c2)C1C(=O)O. The molecule has 33 heavy (non-hydrogen) atoms. The Morgan fingerprint density at radius 2 is 1.94 bits per heavy atom. The summed E-state index contributed by atoms with van der Waals surface area (Å²) in [6, 6.07) is 7.20. The van der Waals surface area contributed by atoms with Crippen molar-refractivity contribution in [2.75, 3.05) is 20.1 Å². The second-order valence-corrected chi connectivity index (χ2v) is 7.66. The maximum absolute atomic E-state index is 12.7. The molecule has 1 aliphatic rings. The monoisotopic (exact) mass is 453 g/mol. The number of carbonyl (C=O) groups is 3. The van der Waals surface area contributed by atoms with Gasteiger partial charge < -0.3 is 14.9 Å². The molecule has 3 rings (SSSR count). The Balaban J connectivity index is 1.82. The van der Waals surface area contributed by atoms with Crippen LogP contribution in [-0.4, -0.2) is 68.6 Å². The van der Waals surface area contributed by atoms with Crippen LogP contribution in [0.5, 0.6) is 0 Å². The Labute approximate surface area is 189 Å². The van der Waals surface area contributed by atoms with Crippen molar-refractivity contribution in [2.45, 2.75) is 19.4 Å². The van der Waals surface area contributed by atoms with Crippen molar-refractivity contribution in [3.8, 4) is 0 Å². The fourth-order valence-corrected chi connectivity index (χ4v) is 3.85. The molecule has 3 amide bonds. The lowest BCUT2D eigenvalue weighted by atomic mass is 9.86. The van der Waals surface area contributed by atoms with Crippen molar-refractivity contribution in [2.24, 2.45) is 10.9 Å². The number of nitrogens with zero attached hydrogens (tertiary/aromatic N) is 5. The Kier molecular flexibility index (Phi) is 7.11. The van der Waals surface area contributed by atoms with Gasteiger partial charge in [-0.25, -0.2) is 9.79 Å². The van der Waals surface area contributed by atoms with Gasteiger partial charge in [-0.05, 0) is 31.0 Å². The first-order chi connectivity index (χ1) is 15.7. The van der Waals surface area contributed by atoms with Crippen molar-refractivity contribution in [1.29, 1.82) is 0 Å². The van der Waals surface area contributed by atoms with E-state index >= 15 is 0 Å². The summed E-state index contributed by atoms with van der Waals surface area (Å²) < 4.78 is 0. The van der Waals surface area contributed by atoms with Gasteiger partial charge in [0.25, 0.3) is 11.6 Å². The topological polar surface area (TPSA) is 146 Å². The number of nitro benzene ring substituents is 1. The highest BCUT2D eigenvalue weighted by Gasteiger charge is 2.42. The first kappa shape index (κ1) is 23.5. The van der Waals surface area contributed by atoms with Gasteiger partial charge in [-0.1, -0.05) is 12.1 Å². The van der Waals surface area contributed by atoms with Crippen LogP contribution in [-0.2, 0) is 4.79 Å². The van der Waals surface area contributed by atoms with Crippen LogP contribution in [0.2, 0.25) is 0 Å². The number of aliphatic carboxylic acids is 1. The van der Waals surface area contributed by atoms with Crippen molar-refractivity contribution in [3.63, 3.8) is 0 Å². The molecule has 0 radical (unpaired) electrons. The third-order valence-electron chi connectivity index (χ3n) is 5.47. The summed E-state index contributed by atoms with van der Waals surface area (Å²) in [5.41, 5.74) is 0.736. The van der Waals surface area contributed by atoms with Crippen molar-refractivity contribution in [1.82, 2.24) is 14.8 Å². The van der Waals surface area contributed by atoms with Crippen molar-refractivity contribution in [3.05, 3.63) is 70.0 Å². The number of hydrogen-bond acceptors (Lipinski definition) is 6. The van der Waals surface area contributed by atoms with Gasteiger partial charge in [-0.2, -0.15) is 0 Å². The zero-order valence-electron chi connectivity index (χ0n) is 18.1. The normalized spacial score (nSPS) is 17.9. The van der Waals surface area contributed by atoms with Crippen molar-refractivity contribution < 1.29 is 24.4 Å². The van der Waals surface area contributed by atoms with Gasteiger partial charge in [0.1, 0.15) is 5.92 Å². The molecule has 0 saturated heterocycles. The highest BCUT2D eigenvalue weighted by Crippen LogP contribution is 2.35. The third-order valence-corrected chi connectivity index (χ3v) is 5.47. The van der Waals surface area contributed by atoms with Crippen LogP contribution in [0.15, 0.2) is 53.8 Å². The molecule has 11 heteroatoms. The van der Waals surface area contributed by atoms with E-state index in [4.69, 9.17) is 0 Å². The minimum Gasteiger partial charge on any atom is -0.481 e. The van der Waals surface area contributed by atoms with Crippen LogP contribution in [0, 0.1) is 16.0 Å². The lowest BCUT2D eigenvalue weighted by Crippen LogP contribution is -2.47. The molecule has 0 fully saturated rings. The summed E-state index contributed by atoms with van der Waals surface area (Å²) >= 11 is 0. The number of aromatic nitrogens is 1. The molecule has 2 unspecified atom stereocenters. The minimum absolute atomic E-state index is 0.112. The van der Waals surface area contributed by atoms with Gasteiger partial charge in [0.15, 0.2) is 0 Å². The molecule has 1 aromatic heterocycles. The molecule has 172 valence electrons. The van der Waals surface area contributed by atoms with E-state index in [2.05, 4.69) is 9.98 Å². The van der Waals surface area contributed by atoms with E-state index in [0.717, 1.165) is 0 Å². The zero-order valence-corrected chi connectivity index (χ0v) is 18.1. The second-order valence-electron chi connectivity index (χ2n) is 7.66. The van der Waals surface area contributed by atoms with Gasteiger partial charge in [0.05, 0.1) is 11.0 Å². The van der Waals surface area contributed by atoms with Gasteiger partial charge in [-0.3, -0.25) is 24.7 Å².